The molecule has 26 heavy (non-hydrogen) atoms. The molecule has 2 aromatic rings. The molecule has 138 valence electrons. The summed E-state index contributed by atoms with van der Waals surface area (Å²) >= 11 is 1.58. The van der Waals surface area contributed by atoms with Crippen molar-refractivity contribution in [1.29, 1.82) is 0 Å². The molecule has 0 atom stereocenters. The van der Waals surface area contributed by atoms with Crippen LogP contribution < -0.4 is 4.90 Å². The first-order valence-corrected chi connectivity index (χ1v) is 9.67. The second-order valence-corrected chi connectivity index (χ2v) is 7.21. The number of piperazine rings is 1. The van der Waals surface area contributed by atoms with Gasteiger partial charge in [-0.15, -0.1) is 11.3 Å². The van der Waals surface area contributed by atoms with E-state index in [-0.39, 0.29) is 11.8 Å². The molecule has 1 aromatic carbocycles. The lowest BCUT2D eigenvalue weighted by Gasteiger charge is -2.38. The highest BCUT2D eigenvalue weighted by molar-refractivity contribution is 7.14. The van der Waals surface area contributed by atoms with Gasteiger partial charge in [0.1, 0.15) is 5.82 Å². The zero-order valence-corrected chi connectivity index (χ0v) is 15.3. The van der Waals surface area contributed by atoms with Gasteiger partial charge < -0.3 is 19.4 Å². The fourth-order valence-electron chi connectivity index (χ4n) is 3.21. The normalized spacial score (nSPS) is 18.3. The van der Waals surface area contributed by atoms with Gasteiger partial charge in [-0.3, -0.25) is 0 Å². The molecule has 4 rings (SSSR count). The summed E-state index contributed by atoms with van der Waals surface area (Å²) < 4.78 is 18.4. The number of rotatable bonds is 2. The van der Waals surface area contributed by atoms with Gasteiger partial charge in [0.15, 0.2) is 5.13 Å². The van der Waals surface area contributed by atoms with Crippen LogP contribution in [0.2, 0.25) is 0 Å². The lowest BCUT2D eigenvalue weighted by Crippen LogP contribution is -2.54. The maximum atomic E-state index is 13.1. The molecule has 2 aliphatic rings. The lowest BCUT2D eigenvalue weighted by atomic mass is 10.2. The minimum absolute atomic E-state index is 0.110. The van der Waals surface area contributed by atoms with Gasteiger partial charge in [-0.2, -0.15) is 0 Å². The van der Waals surface area contributed by atoms with Gasteiger partial charge >= 0.3 is 6.03 Å². The number of urea groups is 1. The van der Waals surface area contributed by atoms with E-state index in [9.17, 15) is 9.18 Å². The summed E-state index contributed by atoms with van der Waals surface area (Å²) in [6.07, 6.45) is 0. The Bertz CT molecular complexity index is 753. The number of thiazole rings is 1. The van der Waals surface area contributed by atoms with Crippen molar-refractivity contribution in [3.8, 4) is 11.3 Å². The Morgan fingerprint density at radius 2 is 1.65 bits per heavy atom. The summed E-state index contributed by atoms with van der Waals surface area (Å²) in [6, 6.07) is 6.49. The van der Waals surface area contributed by atoms with Gasteiger partial charge in [0, 0.05) is 50.2 Å². The SMILES string of the molecule is O=C(N1CCOCC1)N1CCN(c2nc(-c3ccc(F)cc3)cs2)CC1. The maximum Gasteiger partial charge on any atom is 0.320 e. The van der Waals surface area contributed by atoms with Crippen molar-refractivity contribution in [1.82, 2.24) is 14.8 Å². The first-order chi connectivity index (χ1) is 12.7. The maximum absolute atomic E-state index is 13.1. The van der Waals surface area contributed by atoms with E-state index in [0.29, 0.717) is 39.4 Å². The topological polar surface area (TPSA) is 48.9 Å². The molecule has 0 bridgehead atoms. The van der Waals surface area contributed by atoms with Crippen LogP contribution >= 0.6 is 11.3 Å². The van der Waals surface area contributed by atoms with Crippen LogP contribution in [0.4, 0.5) is 14.3 Å². The molecule has 0 aliphatic carbocycles. The number of hydrogen-bond donors (Lipinski definition) is 0. The van der Waals surface area contributed by atoms with Crippen molar-refractivity contribution < 1.29 is 13.9 Å². The number of amides is 2. The molecule has 2 fully saturated rings. The molecule has 0 spiro atoms. The largest absolute Gasteiger partial charge is 0.378 e. The minimum Gasteiger partial charge on any atom is -0.378 e. The number of nitrogens with zero attached hydrogens (tertiary/aromatic N) is 4. The number of anilines is 1. The molecular weight excluding hydrogens is 355 g/mol. The summed E-state index contributed by atoms with van der Waals surface area (Å²) in [7, 11) is 0. The van der Waals surface area contributed by atoms with E-state index in [2.05, 4.69) is 9.88 Å². The van der Waals surface area contributed by atoms with Crippen LogP contribution in [0.15, 0.2) is 29.6 Å². The number of ether oxygens (including phenoxy) is 1. The number of hydrogen-bond acceptors (Lipinski definition) is 5. The van der Waals surface area contributed by atoms with Gasteiger partial charge in [-0.25, -0.2) is 14.2 Å². The summed E-state index contributed by atoms with van der Waals surface area (Å²) in [5, 5.41) is 2.94. The molecule has 0 radical (unpaired) electrons. The van der Waals surface area contributed by atoms with Crippen LogP contribution in [0.25, 0.3) is 11.3 Å². The van der Waals surface area contributed by atoms with Gasteiger partial charge in [-0.1, -0.05) is 0 Å². The Morgan fingerprint density at radius 1 is 1.00 bits per heavy atom. The van der Waals surface area contributed by atoms with E-state index in [1.807, 2.05) is 15.2 Å². The van der Waals surface area contributed by atoms with Crippen LogP contribution in [0.3, 0.4) is 0 Å². The Kier molecular flexibility index (Phi) is 5.03. The van der Waals surface area contributed by atoms with Crippen molar-refractivity contribution in [3.05, 3.63) is 35.5 Å². The third kappa shape index (κ3) is 3.66. The molecule has 2 aliphatic heterocycles. The van der Waals surface area contributed by atoms with E-state index < -0.39 is 0 Å². The quantitative estimate of drug-likeness (QED) is 0.808. The summed E-state index contributed by atoms with van der Waals surface area (Å²) in [5.41, 5.74) is 1.77. The average Bonchev–Trinajstić information content (AvgIpc) is 3.19. The number of carbonyl (C=O) groups is 1. The first kappa shape index (κ1) is 17.2. The smallest absolute Gasteiger partial charge is 0.320 e. The highest BCUT2D eigenvalue weighted by Crippen LogP contribution is 2.28. The number of aromatic nitrogens is 1. The van der Waals surface area contributed by atoms with Crippen LogP contribution in [0, 0.1) is 5.82 Å². The highest BCUT2D eigenvalue weighted by Gasteiger charge is 2.27. The van der Waals surface area contributed by atoms with Crippen LogP contribution in [0.5, 0.6) is 0 Å². The molecule has 1 aromatic heterocycles. The monoisotopic (exact) mass is 376 g/mol. The average molecular weight is 376 g/mol. The standard InChI is InChI=1S/C18H21FN4O2S/c19-15-3-1-14(2-4-15)16-13-26-17(20-16)21-5-7-22(8-6-21)18(24)23-9-11-25-12-10-23/h1-4,13H,5-12H2. The lowest BCUT2D eigenvalue weighted by molar-refractivity contribution is 0.0428. The van der Waals surface area contributed by atoms with Crippen molar-refractivity contribution in [2.75, 3.05) is 57.4 Å². The van der Waals surface area contributed by atoms with Gasteiger partial charge in [0.25, 0.3) is 0 Å². The fourth-order valence-corrected chi connectivity index (χ4v) is 4.09. The molecule has 2 amide bonds. The van der Waals surface area contributed by atoms with Crippen molar-refractivity contribution in [3.63, 3.8) is 0 Å². The second kappa shape index (κ2) is 7.59. The molecule has 3 heterocycles. The third-order valence-corrected chi connectivity index (χ3v) is 5.64. The van der Waals surface area contributed by atoms with E-state index >= 15 is 0 Å². The number of halogens is 1. The van der Waals surface area contributed by atoms with Crippen molar-refractivity contribution in [2.45, 2.75) is 0 Å². The molecule has 8 heteroatoms. The van der Waals surface area contributed by atoms with Crippen molar-refractivity contribution in [2.24, 2.45) is 0 Å². The number of morpholine rings is 1. The predicted octanol–water partition coefficient (Wildman–Crippen LogP) is 2.52. The van der Waals surface area contributed by atoms with Gasteiger partial charge in [0.2, 0.25) is 0 Å². The molecule has 6 nitrogen and oxygen atoms in total. The minimum atomic E-state index is -0.245. The van der Waals surface area contributed by atoms with E-state index in [4.69, 9.17) is 4.74 Å². The van der Waals surface area contributed by atoms with Crippen LogP contribution in [-0.4, -0.2) is 73.3 Å². The predicted molar refractivity (Wildman–Crippen MR) is 99.1 cm³/mol. The molecule has 0 saturated carbocycles. The second-order valence-electron chi connectivity index (χ2n) is 6.38. The molecule has 2 saturated heterocycles. The fraction of sp³-hybridized carbons (Fsp3) is 0.444. The third-order valence-electron chi connectivity index (χ3n) is 4.73. The van der Waals surface area contributed by atoms with Crippen LogP contribution in [0.1, 0.15) is 0 Å². The van der Waals surface area contributed by atoms with E-state index in [0.717, 1.165) is 29.5 Å². The number of benzene rings is 1. The Labute approximate surface area is 155 Å². The molecule has 0 unspecified atom stereocenters. The molecular formula is C18H21FN4O2S. The highest BCUT2D eigenvalue weighted by atomic mass is 32.1. The van der Waals surface area contributed by atoms with Crippen LogP contribution in [-0.2, 0) is 4.74 Å². The van der Waals surface area contributed by atoms with Gasteiger partial charge in [-0.05, 0) is 24.3 Å². The summed E-state index contributed by atoms with van der Waals surface area (Å²) in [6.45, 7) is 5.52. The first-order valence-electron chi connectivity index (χ1n) is 8.79. The summed E-state index contributed by atoms with van der Waals surface area (Å²) in [5.74, 6) is -0.245. The Hall–Kier alpha value is -2.19. The zero-order chi connectivity index (χ0) is 17.9. The summed E-state index contributed by atoms with van der Waals surface area (Å²) in [4.78, 5) is 23.2. The molecule has 0 N–H and O–H groups in total. The number of carbonyl (C=O) groups excluding carboxylic acids is 1. The Morgan fingerprint density at radius 3 is 2.35 bits per heavy atom. The zero-order valence-electron chi connectivity index (χ0n) is 14.4. The van der Waals surface area contributed by atoms with Gasteiger partial charge in [0.05, 0.1) is 18.9 Å². The van der Waals surface area contributed by atoms with Crippen molar-refractivity contribution >= 4 is 22.5 Å². The Balaban J connectivity index is 1.36. The van der Waals surface area contributed by atoms with E-state index in [1.54, 1.807) is 23.5 Å². The van der Waals surface area contributed by atoms with E-state index in [1.165, 1.54) is 12.1 Å².